The molecule has 0 spiro atoms. The monoisotopic (exact) mass is 523 g/mol. The first-order chi connectivity index (χ1) is 17.9. The Balaban J connectivity index is 2.53. The largest absolute Gasteiger partial charge is 0.444 e. The van der Waals surface area contributed by atoms with Crippen molar-refractivity contribution in [3.05, 3.63) is 70.8 Å². The molecule has 208 valence electrons. The molecule has 3 atom stereocenters. The van der Waals surface area contributed by atoms with Gasteiger partial charge in [-0.15, -0.1) is 0 Å². The Hall–Kier alpha value is -3.35. The standard InChI is InChI=1S/C31H45N3O4/c1-9-15-23(5)32-28(35)27(26-21(3)16-14-17-22(26)4)34(10-2)29(36)25(20-24-18-12-11-13-19-24)33-30(37)38-31(6,7)8/h11-14,16-19,23,25,27H,9-10,15,20H2,1-8H3,(H,32,35)(H,33,37). The second-order valence-corrected chi connectivity index (χ2v) is 10.9. The van der Waals surface area contributed by atoms with E-state index < -0.39 is 23.8 Å². The van der Waals surface area contributed by atoms with Gasteiger partial charge >= 0.3 is 6.09 Å². The van der Waals surface area contributed by atoms with E-state index in [-0.39, 0.29) is 30.8 Å². The van der Waals surface area contributed by atoms with Gasteiger partial charge in [-0.2, -0.15) is 0 Å². The van der Waals surface area contributed by atoms with E-state index in [1.807, 2.05) is 76.2 Å². The summed E-state index contributed by atoms with van der Waals surface area (Å²) in [6.45, 7) is 15.4. The summed E-state index contributed by atoms with van der Waals surface area (Å²) >= 11 is 0. The molecular formula is C31H45N3O4. The Labute approximate surface area is 228 Å². The maximum atomic E-state index is 14.2. The summed E-state index contributed by atoms with van der Waals surface area (Å²) in [7, 11) is 0. The number of aryl methyl sites for hydroxylation is 2. The van der Waals surface area contributed by atoms with Crippen LogP contribution < -0.4 is 10.6 Å². The van der Waals surface area contributed by atoms with Gasteiger partial charge in [-0.05, 0) is 77.1 Å². The molecule has 2 aromatic rings. The number of rotatable bonds is 11. The number of ether oxygens (including phenoxy) is 1. The van der Waals surface area contributed by atoms with Crippen molar-refractivity contribution in [3.8, 4) is 0 Å². The van der Waals surface area contributed by atoms with Crippen LogP contribution in [0.25, 0.3) is 0 Å². The van der Waals surface area contributed by atoms with Gasteiger partial charge < -0.3 is 20.3 Å². The zero-order valence-corrected chi connectivity index (χ0v) is 24.3. The SMILES string of the molecule is CCCC(C)NC(=O)C(c1c(C)cccc1C)N(CC)C(=O)C(Cc1ccccc1)NC(=O)OC(C)(C)C. The third-order valence-corrected chi connectivity index (χ3v) is 6.38. The highest BCUT2D eigenvalue weighted by atomic mass is 16.6. The van der Waals surface area contributed by atoms with Crippen LogP contribution in [-0.2, 0) is 20.7 Å². The lowest BCUT2D eigenvalue weighted by Crippen LogP contribution is -2.54. The number of nitrogens with zero attached hydrogens (tertiary/aromatic N) is 1. The average molecular weight is 524 g/mol. The van der Waals surface area contributed by atoms with Crippen LogP contribution >= 0.6 is 0 Å². The van der Waals surface area contributed by atoms with Gasteiger partial charge in [-0.25, -0.2) is 4.79 Å². The number of hydrogen-bond donors (Lipinski definition) is 2. The summed E-state index contributed by atoms with van der Waals surface area (Å²) in [5.74, 6) is -0.567. The molecule has 0 saturated carbocycles. The third-order valence-electron chi connectivity index (χ3n) is 6.38. The van der Waals surface area contributed by atoms with E-state index in [4.69, 9.17) is 4.74 Å². The molecule has 2 rings (SSSR count). The van der Waals surface area contributed by atoms with Gasteiger partial charge in [0.2, 0.25) is 11.8 Å². The van der Waals surface area contributed by atoms with Crippen LogP contribution in [0.1, 0.15) is 82.7 Å². The molecule has 0 radical (unpaired) electrons. The molecule has 2 N–H and O–H groups in total. The van der Waals surface area contributed by atoms with Crippen molar-refractivity contribution in [1.29, 1.82) is 0 Å². The van der Waals surface area contributed by atoms with Crippen LogP contribution in [0.5, 0.6) is 0 Å². The number of alkyl carbamates (subject to hydrolysis) is 1. The fourth-order valence-corrected chi connectivity index (χ4v) is 4.68. The van der Waals surface area contributed by atoms with Crippen molar-refractivity contribution in [1.82, 2.24) is 15.5 Å². The van der Waals surface area contributed by atoms with E-state index in [2.05, 4.69) is 17.6 Å². The lowest BCUT2D eigenvalue weighted by molar-refractivity contribution is -0.142. The van der Waals surface area contributed by atoms with E-state index >= 15 is 0 Å². The predicted octanol–water partition coefficient (Wildman–Crippen LogP) is 5.63. The minimum atomic E-state index is -0.917. The number of amides is 3. The second-order valence-electron chi connectivity index (χ2n) is 10.9. The first kappa shape index (κ1) is 30.9. The van der Waals surface area contributed by atoms with Crippen molar-refractivity contribution in [2.45, 2.75) is 98.4 Å². The Morgan fingerprint density at radius 3 is 2.05 bits per heavy atom. The van der Waals surface area contributed by atoms with Crippen LogP contribution in [0.2, 0.25) is 0 Å². The van der Waals surface area contributed by atoms with Crippen LogP contribution in [0.3, 0.4) is 0 Å². The Morgan fingerprint density at radius 1 is 0.921 bits per heavy atom. The molecule has 0 bridgehead atoms. The number of benzene rings is 2. The number of likely N-dealkylation sites (N-methyl/N-ethyl adjacent to an activating group) is 1. The van der Waals surface area contributed by atoms with E-state index in [1.54, 1.807) is 25.7 Å². The summed E-state index contributed by atoms with van der Waals surface area (Å²) in [6.07, 6.45) is 1.36. The zero-order valence-electron chi connectivity index (χ0n) is 24.3. The Bertz CT molecular complexity index is 1060. The van der Waals surface area contributed by atoms with Crippen molar-refractivity contribution in [3.63, 3.8) is 0 Å². The third kappa shape index (κ3) is 8.89. The van der Waals surface area contributed by atoms with E-state index in [0.717, 1.165) is 35.1 Å². The van der Waals surface area contributed by atoms with Crippen molar-refractivity contribution < 1.29 is 19.1 Å². The minimum absolute atomic E-state index is 0.0341. The van der Waals surface area contributed by atoms with Gasteiger partial charge in [-0.1, -0.05) is 61.9 Å². The fourth-order valence-electron chi connectivity index (χ4n) is 4.68. The summed E-state index contributed by atoms with van der Waals surface area (Å²) in [5, 5.41) is 5.91. The molecule has 0 aromatic heterocycles. The minimum Gasteiger partial charge on any atom is -0.444 e. The molecular weight excluding hydrogens is 478 g/mol. The normalized spacial score (nSPS) is 13.7. The van der Waals surface area contributed by atoms with Crippen molar-refractivity contribution in [2.24, 2.45) is 0 Å². The maximum Gasteiger partial charge on any atom is 0.408 e. The number of carbonyl (C=O) groups is 3. The Kier molecular flexibility index (Phi) is 11.4. The number of nitrogens with one attached hydrogen (secondary N) is 2. The van der Waals surface area contributed by atoms with Gasteiger partial charge in [0.15, 0.2) is 0 Å². The quantitative estimate of drug-likeness (QED) is 0.399. The van der Waals surface area contributed by atoms with Gasteiger partial charge in [0.05, 0.1) is 0 Å². The molecule has 2 aromatic carbocycles. The molecule has 0 aliphatic heterocycles. The molecule has 0 aliphatic carbocycles. The highest BCUT2D eigenvalue weighted by molar-refractivity contribution is 5.92. The first-order valence-electron chi connectivity index (χ1n) is 13.6. The van der Waals surface area contributed by atoms with Gasteiger partial charge in [0.1, 0.15) is 17.7 Å². The van der Waals surface area contributed by atoms with Crippen LogP contribution in [0, 0.1) is 13.8 Å². The molecule has 7 nitrogen and oxygen atoms in total. The summed E-state index contributed by atoms with van der Waals surface area (Å²) in [6, 6.07) is 13.6. The Morgan fingerprint density at radius 2 is 1.53 bits per heavy atom. The molecule has 3 amide bonds. The molecule has 0 aliphatic rings. The topological polar surface area (TPSA) is 87.7 Å². The highest BCUT2D eigenvalue weighted by Gasteiger charge is 2.37. The molecule has 38 heavy (non-hydrogen) atoms. The predicted molar refractivity (Wildman–Crippen MR) is 152 cm³/mol. The fraction of sp³-hybridized carbons (Fsp3) is 0.516. The molecule has 0 fully saturated rings. The molecule has 0 heterocycles. The van der Waals surface area contributed by atoms with Gasteiger partial charge in [-0.3, -0.25) is 9.59 Å². The van der Waals surface area contributed by atoms with Crippen LogP contribution in [0.15, 0.2) is 48.5 Å². The van der Waals surface area contributed by atoms with E-state index in [9.17, 15) is 14.4 Å². The summed E-state index contributed by atoms with van der Waals surface area (Å²) in [4.78, 5) is 42.4. The van der Waals surface area contributed by atoms with Crippen molar-refractivity contribution >= 4 is 17.9 Å². The summed E-state index contributed by atoms with van der Waals surface area (Å²) < 4.78 is 5.48. The molecule has 7 heteroatoms. The highest BCUT2D eigenvalue weighted by Crippen LogP contribution is 2.29. The van der Waals surface area contributed by atoms with E-state index in [0.29, 0.717) is 0 Å². The lowest BCUT2D eigenvalue weighted by Gasteiger charge is -2.35. The number of carbonyl (C=O) groups excluding carboxylic acids is 3. The van der Waals surface area contributed by atoms with Crippen LogP contribution in [-0.4, -0.2) is 47.0 Å². The second kappa shape index (κ2) is 14.0. The first-order valence-corrected chi connectivity index (χ1v) is 13.6. The smallest absolute Gasteiger partial charge is 0.408 e. The van der Waals surface area contributed by atoms with Crippen LogP contribution in [0.4, 0.5) is 4.79 Å². The average Bonchev–Trinajstić information content (AvgIpc) is 2.82. The van der Waals surface area contributed by atoms with Gasteiger partial charge in [0.25, 0.3) is 0 Å². The molecule has 0 saturated heterocycles. The zero-order chi connectivity index (χ0) is 28.5. The van der Waals surface area contributed by atoms with E-state index in [1.165, 1.54) is 0 Å². The number of hydrogen-bond acceptors (Lipinski definition) is 4. The molecule has 3 unspecified atom stereocenters. The lowest BCUT2D eigenvalue weighted by atomic mass is 9.93. The maximum absolute atomic E-state index is 14.2. The summed E-state index contributed by atoms with van der Waals surface area (Å²) in [5.41, 5.74) is 2.84. The van der Waals surface area contributed by atoms with Gasteiger partial charge in [0, 0.05) is 19.0 Å². The van der Waals surface area contributed by atoms with Crippen molar-refractivity contribution in [2.75, 3.05) is 6.54 Å².